The molecule has 5 rings (SSSR count). The van der Waals surface area contributed by atoms with Crippen molar-refractivity contribution in [2.75, 3.05) is 19.7 Å². The Hall–Kier alpha value is -4.67. The van der Waals surface area contributed by atoms with E-state index in [1.54, 1.807) is 12.1 Å². The lowest BCUT2D eigenvalue weighted by Gasteiger charge is -2.29. The third kappa shape index (κ3) is 9.91. The van der Waals surface area contributed by atoms with E-state index in [1.165, 1.54) is 5.56 Å². The Morgan fingerprint density at radius 3 is 2.30 bits per heavy atom. The average Bonchev–Trinajstić information content (AvgIpc) is 3.08. The van der Waals surface area contributed by atoms with Gasteiger partial charge in [-0.15, -0.1) is 0 Å². The van der Waals surface area contributed by atoms with Gasteiger partial charge in [0.1, 0.15) is 22.8 Å². The summed E-state index contributed by atoms with van der Waals surface area (Å²) in [6.45, 7) is 3.78. The first-order chi connectivity index (χ1) is 22.9. The number of nitrogens with one attached hydrogen (secondary N) is 3. The number of pyridine rings is 2. The van der Waals surface area contributed by atoms with Gasteiger partial charge >= 0.3 is 0 Å². The number of ether oxygens (including phenoxy) is 1. The van der Waals surface area contributed by atoms with Crippen LogP contribution in [0, 0.1) is 12.7 Å². The summed E-state index contributed by atoms with van der Waals surface area (Å²) in [6.07, 6.45) is 6.50. The summed E-state index contributed by atoms with van der Waals surface area (Å²) < 4.78 is 20.3. The molecule has 47 heavy (non-hydrogen) atoms. The lowest BCUT2D eigenvalue weighted by atomic mass is 9.91. The molecule has 0 atom stereocenters. The molecule has 2 aromatic carbocycles. The lowest BCUT2D eigenvalue weighted by Crippen LogP contribution is -2.44. The molecule has 2 aromatic heterocycles. The Morgan fingerprint density at radius 1 is 0.872 bits per heavy atom. The Kier molecular flexibility index (Phi) is 12.0. The Bertz CT molecular complexity index is 1640. The number of hydrogen-bond acceptors (Lipinski definition) is 7. The minimum absolute atomic E-state index is 0.0127. The molecule has 246 valence electrons. The number of aliphatic hydroxyl groups excluding tert-OH is 1. The highest BCUT2D eigenvalue weighted by Gasteiger charge is 2.26. The van der Waals surface area contributed by atoms with Crippen molar-refractivity contribution >= 4 is 11.8 Å². The van der Waals surface area contributed by atoms with Crippen LogP contribution in [-0.4, -0.2) is 58.7 Å². The van der Waals surface area contributed by atoms with Gasteiger partial charge in [-0.05, 0) is 112 Å². The van der Waals surface area contributed by atoms with Gasteiger partial charge in [-0.25, -0.2) is 14.4 Å². The average molecular weight is 640 g/mol. The molecule has 1 aliphatic rings. The van der Waals surface area contributed by atoms with Gasteiger partial charge in [-0.2, -0.15) is 0 Å². The van der Waals surface area contributed by atoms with Crippen LogP contribution in [0.1, 0.15) is 70.6 Å². The van der Waals surface area contributed by atoms with E-state index in [0.29, 0.717) is 37.1 Å². The van der Waals surface area contributed by atoms with Crippen LogP contribution in [0.5, 0.6) is 11.6 Å². The summed E-state index contributed by atoms with van der Waals surface area (Å²) >= 11 is 0. The van der Waals surface area contributed by atoms with Crippen LogP contribution in [0.25, 0.3) is 11.1 Å². The molecule has 10 heteroatoms. The molecule has 1 fully saturated rings. The third-order valence-electron chi connectivity index (χ3n) is 8.25. The molecule has 1 saturated carbocycles. The molecule has 4 N–H and O–H groups in total. The summed E-state index contributed by atoms with van der Waals surface area (Å²) in [7, 11) is 0. The Morgan fingerprint density at radius 2 is 1.57 bits per heavy atom. The van der Waals surface area contributed by atoms with Crippen LogP contribution in [0.4, 0.5) is 4.39 Å². The normalized spacial score (nSPS) is 16.0. The van der Waals surface area contributed by atoms with E-state index in [1.807, 2.05) is 37.3 Å². The van der Waals surface area contributed by atoms with Crippen molar-refractivity contribution in [1.29, 1.82) is 0 Å². The summed E-state index contributed by atoms with van der Waals surface area (Å²) in [4.78, 5) is 34.3. The van der Waals surface area contributed by atoms with E-state index >= 15 is 0 Å². The number of benzene rings is 2. The van der Waals surface area contributed by atoms with E-state index in [0.717, 1.165) is 61.4 Å². The molecule has 0 saturated heterocycles. The third-order valence-corrected chi connectivity index (χ3v) is 8.25. The monoisotopic (exact) mass is 639 g/mol. The summed E-state index contributed by atoms with van der Waals surface area (Å²) in [5, 5.41) is 18.3. The number of halogens is 1. The zero-order valence-corrected chi connectivity index (χ0v) is 26.7. The van der Waals surface area contributed by atoms with Crippen LogP contribution in [-0.2, 0) is 6.42 Å². The van der Waals surface area contributed by atoms with Crippen molar-refractivity contribution in [3.05, 3.63) is 107 Å². The Labute approximate surface area is 275 Å². The number of aliphatic hydroxyl groups is 1. The van der Waals surface area contributed by atoms with Gasteiger partial charge in [0.15, 0.2) is 0 Å². The highest BCUT2D eigenvalue weighted by atomic mass is 19.1. The van der Waals surface area contributed by atoms with Gasteiger partial charge in [0.2, 0.25) is 5.88 Å². The second-order valence-electron chi connectivity index (χ2n) is 11.9. The fraction of sp³-hybridized carbons (Fsp3) is 0.351. The van der Waals surface area contributed by atoms with Crippen LogP contribution in [0.15, 0.2) is 79.0 Å². The van der Waals surface area contributed by atoms with E-state index in [9.17, 15) is 14.0 Å². The maximum Gasteiger partial charge on any atom is 0.270 e. The molecule has 0 spiro atoms. The van der Waals surface area contributed by atoms with Crippen LogP contribution in [0.2, 0.25) is 0 Å². The number of aryl methyl sites for hydroxylation is 2. The molecule has 2 heterocycles. The van der Waals surface area contributed by atoms with Crippen molar-refractivity contribution < 1.29 is 23.8 Å². The second-order valence-corrected chi connectivity index (χ2v) is 11.9. The zero-order chi connectivity index (χ0) is 33.0. The molecule has 0 radical (unpaired) electrons. The van der Waals surface area contributed by atoms with Gasteiger partial charge < -0.3 is 25.8 Å². The number of rotatable bonds is 14. The van der Waals surface area contributed by atoms with Crippen molar-refractivity contribution in [1.82, 2.24) is 25.9 Å². The first-order valence-electron chi connectivity index (χ1n) is 16.3. The largest absolute Gasteiger partial charge is 0.438 e. The summed E-state index contributed by atoms with van der Waals surface area (Å²) in [5.41, 5.74) is 4.40. The number of nitrogens with zero attached hydrogens (tertiary/aromatic N) is 2. The van der Waals surface area contributed by atoms with Gasteiger partial charge in [-0.3, -0.25) is 9.59 Å². The highest BCUT2D eigenvalue weighted by molar-refractivity contribution is 5.96. The quantitative estimate of drug-likeness (QED) is 0.129. The minimum Gasteiger partial charge on any atom is -0.438 e. The molecule has 2 amide bonds. The molecule has 4 aromatic rings. The molecule has 0 aliphatic heterocycles. The maximum atomic E-state index is 14.3. The fourth-order valence-corrected chi connectivity index (χ4v) is 5.71. The molecule has 0 unspecified atom stereocenters. The molecule has 0 bridgehead atoms. The highest BCUT2D eigenvalue weighted by Crippen LogP contribution is 2.29. The first kappa shape index (κ1) is 33.7. The fourth-order valence-electron chi connectivity index (χ4n) is 5.71. The second kappa shape index (κ2) is 16.8. The lowest BCUT2D eigenvalue weighted by molar-refractivity contribution is 0.0887. The SMILES string of the molecule is Cc1cccc(C(=O)N[C@H]2CC[C@H](NC(=O)c3cc(F)cnc3Oc3cccc(-c4ccc(CCCNCCCO)cc4)c3)CC2)n1. The van der Waals surface area contributed by atoms with E-state index in [-0.39, 0.29) is 36.0 Å². The molecular weight excluding hydrogens is 597 g/mol. The number of carbonyl (C=O) groups excluding carboxylic acids is 2. The molecular formula is C37H42FN5O4. The van der Waals surface area contributed by atoms with Gasteiger partial charge in [0.25, 0.3) is 11.8 Å². The van der Waals surface area contributed by atoms with Crippen molar-refractivity contribution in [2.45, 2.75) is 64.0 Å². The smallest absolute Gasteiger partial charge is 0.270 e. The van der Waals surface area contributed by atoms with Crippen LogP contribution >= 0.6 is 0 Å². The summed E-state index contributed by atoms with van der Waals surface area (Å²) in [5.74, 6) is -0.791. The van der Waals surface area contributed by atoms with Crippen molar-refractivity contribution in [3.8, 4) is 22.8 Å². The van der Waals surface area contributed by atoms with Crippen LogP contribution in [0.3, 0.4) is 0 Å². The van der Waals surface area contributed by atoms with Crippen molar-refractivity contribution in [2.24, 2.45) is 0 Å². The van der Waals surface area contributed by atoms with E-state index < -0.39 is 11.7 Å². The predicted molar refractivity (Wildman–Crippen MR) is 179 cm³/mol. The Balaban J connectivity index is 1.16. The summed E-state index contributed by atoms with van der Waals surface area (Å²) in [6, 6.07) is 22.2. The number of carbonyl (C=O) groups is 2. The topological polar surface area (TPSA) is 125 Å². The minimum atomic E-state index is -0.631. The predicted octanol–water partition coefficient (Wildman–Crippen LogP) is 5.76. The zero-order valence-electron chi connectivity index (χ0n) is 26.7. The van der Waals surface area contributed by atoms with E-state index in [4.69, 9.17) is 9.84 Å². The maximum absolute atomic E-state index is 14.3. The molecule has 1 aliphatic carbocycles. The van der Waals surface area contributed by atoms with Crippen molar-refractivity contribution in [3.63, 3.8) is 0 Å². The first-order valence-corrected chi connectivity index (χ1v) is 16.3. The van der Waals surface area contributed by atoms with Gasteiger partial charge in [-0.1, -0.05) is 42.5 Å². The van der Waals surface area contributed by atoms with E-state index in [2.05, 4.69) is 50.2 Å². The van der Waals surface area contributed by atoms with Crippen LogP contribution < -0.4 is 20.7 Å². The number of aromatic nitrogens is 2. The standard InChI is InChI=1S/C37H42FN5O4/c1-25-6-2-10-34(41-25)36(46)43-31-17-15-30(16-18-31)42-35(45)33-23-29(38)24-40-37(33)47-32-9-3-8-28(22-32)27-13-11-26(12-14-27)7-4-19-39-20-5-21-44/h2-3,6,8-14,22-24,30-31,39,44H,4-5,7,15-21H2,1H3,(H,42,45)(H,43,46)/t30-,31-. The van der Waals surface area contributed by atoms with Gasteiger partial charge in [0.05, 0.1) is 6.20 Å². The number of hydrogen-bond donors (Lipinski definition) is 4. The molecule has 9 nitrogen and oxygen atoms in total. The number of amides is 2. The van der Waals surface area contributed by atoms with Gasteiger partial charge in [0, 0.05) is 24.4 Å².